The summed E-state index contributed by atoms with van der Waals surface area (Å²) in [5.41, 5.74) is 1.24. The van der Waals surface area contributed by atoms with Crippen LogP contribution in [0.1, 0.15) is 0 Å². The molecule has 3 rings (SSSR count). The smallest absolute Gasteiger partial charge is 0.273 e. The van der Waals surface area contributed by atoms with E-state index >= 15 is 0 Å². The van der Waals surface area contributed by atoms with Crippen molar-refractivity contribution in [1.29, 1.82) is 0 Å². The van der Waals surface area contributed by atoms with E-state index in [0.717, 1.165) is 4.47 Å². The van der Waals surface area contributed by atoms with Crippen LogP contribution in [-0.2, 0) is 0 Å². The molecule has 2 aromatic heterocycles. The SMILES string of the molecule is O=[N+]([O-])c1cccc(Oc2ccnc3cc(Br)cnc23)c1. The van der Waals surface area contributed by atoms with Crippen LogP contribution >= 0.6 is 15.9 Å². The van der Waals surface area contributed by atoms with Crippen LogP contribution < -0.4 is 4.74 Å². The highest BCUT2D eigenvalue weighted by Gasteiger charge is 2.10. The molecule has 104 valence electrons. The Bertz CT molecular complexity index is 839. The quantitative estimate of drug-likeness (QED) is 0.527. The van der Waals surface area contributed by atoms with Gasteiger partial charge >= 0.3 is 0 Å². The summed E-state index contributed by atoms with van der Waals surface area (Å²) in [5.74, 6) is 0.870. The maximum atomic E-state index is 10.8. The number of hydrogen-bond donors (Lipinski definition) is 0. The minimum absolute atomic E-state index is 0.0263. The molecule has 0 fully saturated rings. The topological polar surface area (TPSA) is 78.2 Å². The van der Waals surface area contributed by atoms with Gasteiger partial charge in [-0.25, -0.2) is 4.98 Å². The first kappa shape index (κ1) is 13.4. The largest absolute Gasteiger partial charge is 0.455 e. The highest BCUT2D eigenvalue weighted by molar-refractivity contribution is 9.10. The summed E-state index contributed by atoms with van der Waals surface area (Å²) in [5, 5.41) is 10.8. The van der Waals surface area contributed by atoms with Gasteiger partial charge in [0.15, 0.2) is 5.75 Å². The lowest BCUT2D eigenvalue weighted by Gasteiger charge is -2.07. The van der Waals surface area contributed by atoms with Gasteiger partial charge in [0.1, 0.15) is 11.3 Å². The fourth-order valence-corrected chi connectivity index (χ4v) is 2.17. The number of rotatable bonds is 3. The first-order chi connectivity index (χ1) is 10.1. The Hall–Kier alpha value is -2.54. The monoisotopic (exact) mass is 345 g/mol. The molecule has 0 radical (unpaired) electrons. The van der Waals surface area contributed by atoms with E-state index in [0.29, 0.717) is 22.5 Å². The number of nitro groups is 1. The molecule has 0 aliphatic rings. The standard InChI is InChI=1S/C14H8BrN3O3/c15-9-6-12-14(17-8-9)13(4-5-16-12)21-11-3-1-2-10(7-11)18(19)20/h1-8H. The number of hydrogen-bond acceptors (Lipinski definition) is 5. The Balaban J connectivity index is 2.02. The molecule has 0 saturated heterocycles. The summed E-state index contributed by atoms with van der Waals surface area (Å²) < 4.78 is 6.51. The van der Waals surface area contributed by atoms with Crippen molar-refractivity contribution in [1.82, 2.24) is 9.97 Å². The van der Waals surface area contributed by atoms with Gasteiger partial charge in [-0.15, -0.1) is 0 Å². The van der Waals surface area contributed by atoms with Gasteiger partial charge in [-0.2, -0.15) is 0 Å². The third kappa shape index (κ3) is 2.82. The van der Waals surface area contributed by atoms with Crippen LogP contribution in [0.2, 0.25) is 0 Å². The lowest BCUT2D eigenvalue weighted by Crippen LogP contribution is -1.92. The number of pyridine rings is 2. The van der Waals surface area contributed by atoms with Crippen LogP contribution in [-0.4, -0.2) is 14.9 Å². The van der Waals surface area contributed by atoms with Gasteiger partial charge in [0.05, 0.1) is 16.5 Å². The maximum absolute atomic E-state index is 10.8. The molecule has 0 aliphatic heterocycles. The van der Waals surface area contributed by atoms with E-state index in [-0.39, 0.29) is 5.69 Å². The van der Waals surface area contributed by atoms with Crippen LogP contribution in [0, 0.1) is 10.1 Å². The van der Waals surface area contributed by atoms with E-state index in [2.05, 4.69) is 25.9 Å². The van der Waals surface area contributed by atoms with Crippen molar-refractivity contribution >= 4 is 32.7 Å². The minimum Gasteiger partial charge on any atom is -0.455 e. The Labute approximate surface area is 127 Å². The second-order valence-electron chi connectivity index (χ2n) is 4.19. The molecule has 0 aliphatic carbocycles. The fraction of sp³-hybridized carbons (Fsp3) is 0. The van der Waals surface area contributed by atoms with Gasteiger partial charge in [-0.3, -0.25) is 15.1 Å². The molecule has 21 heavy (non-hydrogen) atoms. The molecule has 6 nitrogen and oxygen atoms in total. The average molecular weight is 346 g/mol. The Morgan fingerprint density at radius 2 is 2.05 bits per heavy atom. The summed E-state index contributed by atoms with van der Waals surface area (Å²) in [6, 6.07) is 9.49. The highest BCUT2D eigenvalue weighted by atomic mass is 79.9. The molecule has 0 bridgehead atoms. The zero-order valence-electron chi connectivity index (χ0n) is 10.6. The summed E-state index contributed by atoms with van der Waals surface area (Å²) in [4.78, 5) is 18.8. The van der Waals surface area contributed by atoms with Crippen molar-refractivity contribution in [2.24, 2.45) is 0 Å². The molecule has 2 heterocycles. The molecule has 7 heteroatoms. The van der Waals surface area contributed by atoms with Crippen molar-refractivity contribution in [2.45, 2.75) is 0 Å². The number of non-ortho nitro benzene ring substituents is 1. The number of ether oxygens (including phenoxy) is 1. The number of fused-ring (bicyclic) bond motifs is 1. The summed E-state index contributed by atoms with van der Waals surface area (Å²) >= 11 is 3.33. The van der Waals surface area contributed by atoms with Crippen molar-refractivity contribution in [2.75, 3.05) is 0 Å². The van der Waals surface area contributed by atoms with E-state index in [1.165, 1.54) is 12.1 Å². The Kier molecular flexibility index (Phi) is 3.49. The summed E-state index contributed by atoms with van der Waals surface area (Å²) in [6.07, 6.45) is 3.24. The lowest BCUT2D eigenvalue weighted by atomic mass is 10.3. The van der Waals surface area contributed by atoms with Crippen molar-refractivity contribution in [3.05, 3.63) is 63.4 Å². The number of halogens is 1. The van der Waals surface area contributed by atoms with Crippen molar-refractivity contribution in [3.8, 4) is 11.5 Å². The second kappa shape index (κ2) is 5.45. The predicted octanol–water partition coefficient (Wildman–Crippen LogP) is 4.09. The van der Waals surface area contributed by atoms with E-state index < -0.39 is 4.92 Å². The summed E-state index contributed by atoms with van der Waals surface area (Å²) in [7, 11) is 0. The summed E-state index contributed by atoms with van der Waals surface area (Å²) in [6.45, 7) is 0. The predicted molar refractivity (Wildman–Crippen MR) is 80.4 cm³/mol. The number of nitro benzene ring substituents is 1. The fourth-order valence-electron chi connectivity index (χ4n) is 1.85. The second-order valence-corrected chi connectivity index (χ2v) is 5.10. The van der Waals surface area contributed by atoms with Gasteiger partial charge in [0.2, 0.25) is 0 Å². The number of aromatic nitrogens is 2. The van der Waals surface area contributed by atoms with E-state index in [1.807, 2.05) is 6.07 Å². The number of nitrogens with zero attached hydrogens (tertiary/aromatic N) is 3. The number of benzene rings is 1. The zero-order chi connectivity index (χ0) is 14.8. The van der Waals surface area contributed by atoms with Gasteiger partial charge in [-0.1, -0.05) is 6.07 Å². The average Bonchev–Trinajstić information content (AvgIpc) is 2.47. The van der Waals surface area contributed by atoms with Crippen LogP contribution in [0.15, 0.2) is 53.3 Å². The molecule has 0 amide bonds. The molecular weight excluding hydrogens is 338 g/mol. The van der Waals surface area contributed by atoms with E-state index in [1.54, 1.807) is 30.6 Å². The van der Waals surface area contributed by atoms with Crippen molar-refractivity contribution < 1.29 is 9.66 Å². The van der Waals surface area contributed by atoms with Crippen LogP contribution in [0.5, 0.6) is 11.5 Å². The van der Waals surface area contributed by atoms with Gasteiger partial charge in [-0.05, 0) is 28.1 Å². The third-order valence-electron chi connectivity index (χ3n) is 2.76. The molecular formula is C14H8BrN3O3. The molecule has 3 aromatic rings. The zero-order valence-corrected chi connectivity index (χ0v) is 12.1. The lowest BCUT2D eigenvalue weighted by molar-refractivity contribution is -0.384. The van der Waals surface area contributed by atoms with Crippen LogP contribution in [0.25, 0.3) is 11.0 Å². The highest BCUT2D eigenvalue weighted by Crippen LogP contribution is 2.30. The minimum atomic E-state index is -0.465. The maximum Gasteiger partial charge on any atom is 0.273 e. The van der Waals surface area contributed by atoms with E-state index in [9.17, 15) is 10.1 Å². The molecule has 0 unspecified atom stereocenters. The normalized spacial score (nSPS) is 10.5. The van der Waals surface area contributed by atoms with Crippen LogP contribution in [0.4, 0.5) is 5.69 Å². The molecule has 0 saturated carbocycles. The molecule has 0 atom stereocenters. The third-order valence-corrected chi connectivity index (χ3v) is 3.20. The first-order valence-corrected chi connectivity index (χ1v) is 6.75. The Morgan fingerprint density at radius 1 is 1.19 bits per heavy atom. The molecule has 1 aromatic carbocycles. The van der Waals surface area contributed by atoms with Crippen molar-refractivity contribution in [3.63, 3.8) is 0 Å². The molecule has 0 spiro atoms. The van der Waals surface area contributed by atoms with Gasteiger partial charge in [0, 0.05) is 29.0 Å². The van der Waals surface area contributed by atoms with E-state index in [4.69, 9.17) is 4.74 Å². The Morgan fingerprint density at radius 3 is 2.86 bits per heavy atom. The van der Waals surface area contributed by atoms with Gasteiger partial charge in [0.25, 0.3) is 5.69 Å². The molecule has 0 N–H and O–H groups in total. The first-order valence-electron chi connectivity index (χ1n) is 5.96. The van der Waals surface area contributed by atoms with Gasteiger partial charge < -0.3 is 4.74 Å². The van der Waals surface area contributed by atoms with Crippen LogP contribution in [0.3, 0.4) is 0 Å².